The highest BCUT2D eigenvalue weighted by Crippen LogP contribution is 2.11. The molecule has 4 N–H and O–H groups in total. The van der Waals surface area contributed by atoms with Crippen LogP contribution in [0, 0.1) is 5.92 Å². The first-order valence-electron chi connectivity index (χ1n) is 7.23. The number of nitrogens with one attached hydrogen (secondary N) is 1. The average molecular weight is 272 g/mol. The highest BCUT2D eigenvalue weighted by atomic mass is 16.4. The van der Waals surface area contributed by atoms with Crippen LogP contribution in [0.25, 0.3) is 0 Å². The van der Waals surface area contributed by atoms with Gasteiger partial charge in [0.25, 0.3) is 0 Å². The van der Waals surface area contributed by atoms with Gasteiger partial charge in [0, 0.05) is 6.42 Å². The first-order valence-corrected chi connectivity index (χ1v) is 7.23. The zero-order chi connectivity index (χ0) is 14.7. The van der Waals surface area contributed by atoms with Gasteiger partial charge in [0.05, 0.1) is 0 Å². The van der Waals surface area contributed by atoms with Gasteiger partial charge in [0.2, 0.25) is 5.91 Å². The molecule has 1 unspecified atom stereocenters. The van der Waals surface area contributed by atoms with E-state index in [9.17, 15) is 9.59 Å². The van der Waals surface area contributed by atoms with Crippen molar-refractivity contribution in [3.05, 3.63) is 0 Å². The van der Waals surface area contributed by atoms with Crippen molar-refractivity contribution in [2.24, 2.45) is 11.7 Å². The summed E-state index contributed by atoms with van der Waals surface area (Å²) in [5, 5.41) is 11.6. The largest absolute Gasteiger partial charge is 0.480 e. The van der Waals surface area contributed by atoms with Crippen LogP contribution in [0.5, 0.6) is 0 Å². The molecule has 5 heteroatoms. The van der Waals surface area contributed by atoms with E-state index in [1.54, 1.807) is 0 Å². The molecule has 5 nitrogen and oxygen atoms in total. The van der Waals surface area contributed by atoms with Crippen LogP contribution in [0.4, 0.5) is 0 Å². The van der Waals surface area contributed by atoms with Crippen molar-refractivity contribution in [1.82, 2.24) is 5.32 Å². The highest BCUT2D eigenvalue weighted by molar-refractivity contribution is 5.83. The van der Waals surface area contributed by atoms with E-state index >= 15 is 0 Å². The Hall–Kier alpha value is -1.10. The number of hydrogen-bond donors (Lipinski definition) is 3. The molecule has 0 fully saturated rings. The van der Waals surface area contributed by atoms with Crippen molar-refractivity contribution in [2.75, 3.05) is 6.54 Å². The Morgan fingerprint density at radius 2 is 1.89 bits per heavy atom. The van der Waals surface area contributed by atoms with E-state index in [0.29, 0.717) is 25.3 Å². The third-order valence-corrected chi connectivity index (χ3v) is 3.38. The molecule has 2 atom stereocenters. The molecule has 0 aliphatic heterocycles. The molecule has 0 bridgehead atoms. The SMILES string of the molecule is CCC(C)CCCC(=O)N[C@@H](CCCCN)C(=O)O. The summed E-state index contributed by atoms with van der Waals surface area (Å²) in [4.78, 5) is 22.7. The van der Waals surface area contributed by atoms with Gasteiger partial charge in [-0.1, -0.05) is 26.7 Å². The minimum Gasteiger partial charge on any atom is -0.480 e. The molecular weight excluding hydrogens is 244 g/mol. The molecule has 0 rings (SSSR count). The lowest BCUT2D eigenvalue weighted by atomic mass is 10.0. The topological polar surface area (TPSA) is 92.4 Å². The summed E-state index contributed by atoms with van der Waals surface area (Å²) in [7, 11) is 0. The molecule has 0 saturated carbocycles. The van der Waals surface area contributed by atoms with E-state index in [1.807, 2.05) is 0 Å². The normalized spacial score (nSPS) is 13.8. The Morgan fingerprint density at radius 1 is 1.21 bits per heavy atom. The number of carboxylic acid groups (broad SMARTS) is 1. The quantitative estimate of drug-likeness (QED) is 0.501. The third-order valence-electron chi connectivity index (χ3n) is 3.38. The third kappa shape index (κ3) is 9.47. The van der Waals surface area contributed by atoms with Crippen molar-refractivity contribution in [3.63, 3.8) is 0 Å². The molecule has 0 aromatic rings. The highest BCUT2D eigenvalue weighted by Gasteiger charge is 2.18. The predicted molar refractivity (Wildman–Crippen MR) is 75.8 cm³/mol. The van der Waals surface area contributed by atoms with Crippen molar-refractivity contribution < 1.29 is 14.7 Å². The van der Waals surface area contributed by atoms with E-state index < -0.39 is 12.0 Å². The van der Waals surface area contributed by atoms with Crippen LogP contribution < -0.4 is 11.1 Å². The Bertz CT molecular complexity index is 269. The molecule has 112 valence electrons. The molecule has 0 aliphatic carbocycles. The van der Waals surface area contributed by atoms with Crippen molar-refractivity contribution in [2.45, 2.75) is 64.8 Å². The number of carbonyl (C=O) groups is 2. The van der Waals surface area contributed by atoms with Gasteiger partial charge in [-0.3, -0.25) is 4.79 Å². The molecule has 0 aromatic heterocycles. The minimum absolute atomic E-state index is 0.163. The lowest BCUT2D eigenvalue weighted by molar-refractivity contribution is -0.142. The molecule has 0 aromatic carbocycles. The summed E-state index contributed by atoms with van der Waals surface area (Å²) in [6.07, 6.45) is 5.30. The second-order valence-corrected chi connectivity index (χ2v) is 5.15. The lowest BCUT2D eigenvalue weighted by Crippen LogP contribution is -2.40. The maximum Gasteiger partial charge on any atom is 0.326 e. The molecule has 19 heavy (non-hydrogen) atoms. The second kappa shape index (κ2) is 10.8. The van der Waals surface area contributed by atoms with Gasteiger partial charge in [-0.25, -0.2) is 4.79 Å². The number of aliphatic carboxylic acids is 1. The summed E-state index contributed by atoms with van der Waals surface area (Å²) in [6, 6.07) is -0.775. The van der Waals surface area contributed by atoms with Crippen molar-refractivity contribution >= 4 is 11.9 Å². The number of carboxylic acids is 1. The van der Waals surface area contributed by atoms with Gasteiger partial charge in [-0.2, -0.15) is 0 Å². The summed E-state index contributed by atoms with van der Waals surface area (Å²) < 4.78 is 0. The fraction of sp³-hybridized carbons (Fsp3) is 0.857. The van der Waals surface area contributed by atoms with Crippen molar-refractivity contribution in [1.29, 1.82) is 0 Å². The zero-order valence-electron chi connectivity index (χ0n) is 12.2. The van der Waals surface area contributed by atoms with Crippen LogP contribution in [0.2, 0.25) is 0 Å². The van der Waals surface area contributed by atoms with E-state index in [4.69, 9.17) is 10.8 Å². The van der Waals surface area contributed by atoms with Crippen LogP contribution in [0.15, 0.2) is 0 Å². The number of carbonyl (C=O) groups excluding carboxylic acids is 1. The minimum atomic E-state index is -0.965. The first-order chi connectivity index (χ1) is 9.01. The van der Waals surface area contributed by atoms with E-state index in [2.05, 4.69) is 19.2 Å². The Morgan fingerprint density at radius 3 is 2.42 bits per heavy atom. The maximum absolute atomic E-state index is 11.7. The zero-order valence-corrected chi connectivity index (χ0v) is 12.2. The summed E-state index contributed by atoms with van der Waals surface area (Å²) in [6.45, 7) is 4.84. The summed E-state index contributed by atoms with van der Waals surface area (Å²) in [5.74, 6) is -0.511. The van der Waals surface area contributed by atoms with Crippen LogP contribution >= 0.6 is 0 Å². The number of nitrogens with two attached hydrogens (primary N) is 1. The van der Waals surface area contributed by atoms with Crippen LogP contribution in [0.3, 0.4) is 0 Å². The molecule has 0 heterocycles. The van der Waals surface area contributed by atoms with E-state index in [0.717, 1.165) is 32.1 Å². The molecule has 0 spiro atoms. The summed E-state index contributed by atoms with van der Waals surface area (Å²) in [5.41, 5.74) is 5.36. The van der Waals surface area contributed by atoms with E-state index in [1.165, 1.54) is 0 Å². The first kappa shape index (κ1) is 17.9. The second-order valence-electron chi connectivity index (χ2n) is 5.15. The van der Waals surface area contributed by atoms with Crippen LogP contribution in [0.1, 0.15) is 58.8 Å². The number of unbranched alkanes of at least 4 members (excludes halogenated alkanes) is 1. The number of hydrogen-bond acceptors (Lipinski definition) is 3. The summed E-state index contributed by atoms with van der Waals surface area (Å²) >= 11 is 0. The van der Waals surface area contributed by atoms with Gasteiger partial charge in [0.1, 0.15) is 6.04 Å². The Kier molecular flexibility index (Phi) is 10.2. The smallest absolute Gasteiger partial charge is 0.326 e. The average Bonchev–Trinajstić information content (AvgIpc) is 2.37. The molecule has 0 radical (unpaired) electrons. The van der Waals surface area contributed by atoms with Crippen molar-refractivity contribution in [3.8, 4) is 0 Å². The fourth-order valence-corrected chi connectivity index (χ4v) is 1.83. The van der Waals surface area contributed by atoms with Gasteiger partial charge in [-0.15, -0.1) is 0 Å². The standard InChI is InChI=1S/C14H28N2O3/c1-3-11(2)7-6-9-13(17)16-12(14(18)19)8-4-5-10-15/h11-12H,3-10,15H2,1-2H3,(H,16,17)(H,18,19)/t11?,12-/m0/s1. The van der Waals surface area contributed by atoms with Gasteiger partial charge in [-0.05, 0) is 38.1 Å². The Balaban J connectivity index is 3.93. The fourth-order valence-electron chi connectivity index (χ4n) is 1.83. The Labute approximate surface area is 115 Å². The lowest BCUT2D eigenvalue weighted by Gasteiger charge is -2.14. The predicted octanol–water partition coefficient (Wildman–Crippen LogP) is 1.90. The number of amides is 1. The molecule has 1 amide bonds. The van der Waals surface area contributed by atoms with Gasteiger partial charge in [0.15, 0.2) is 0 Å². The van der Waals surface area contributed by atoms with E-state index in [-0.39, 0.29) is 5.91 Å². The maximum atomic E-state index is 11.7. The number of rotatable bonds is 11. The van der Waals surface area contributed by atoms with Crippen LogP contribution in [-0.2, 0) is 9.59 Å². The van der Waals surface area contributed by atoms with Gasteiger partial charge >= 0.3 is 5.97 Å². The van der Waals surface area contributed by atoms with Crippen LogP contribution in [-0.4, -0.2) is 29.6 Å². The van der Waals surface area contributed by atoms with Gasteiger partial charge < -0.3 is 16.2 Å². The molecule has 0 saturated heterocycles. The molecular formula is C14H28N2O3. The monoisotopic (exact) mass is 272 g/mol. The molecule has 0 aliphatic rings.